The summed E-state index contributed by atoms with van der Waals surface area (Å²) in [6.45, 7) is 2.88. The Morgan fingerprint density at radius 2 is 2.11 bits per heavy atom. The molecule has 0 N–H and O–H groups in total. The van der Waals surface area contributed by atoms with Gasteiger partial charge in [0.2, 0.25) is 11.8 Å². The molecule has 2 heterocycles. The number of pyridine rings is 1. The molecule has 1 aliphatic rings. The highest BCUT2D eigenvalue weighted by Gasteiger charge is 2.30. The van der Waals surface area contributed by atoms with Gasteiger partial charge in [0, 0.05) is 18.5 Å². The van der Waals surface area contributed by atoms with Gasteiger partial charge in [-0.1, -0.05) is 18.2 Å². The third-order valence-corrected chi connectivity index (χ3v) is 3.21. The minimum absolute atomic E-state index is 0.0622. The van der Waals surface area contributed by atoms with Gasteiger partial charge in [-0.15, -0.1) is 0 Å². The van der Waals surface area contributed by atoms with E-state index < -0.39 is 0 Å². The molecule has 0 bridgehead atoms. The van der Waals surface area contributed by atoms with Crippen LogP contribution in [0.3, 0.4) is 0 Å². The number of carbonyl (C=O) groups excluding carboxylic acids is 1. The second-order valence-corrected chi connectivity index (χ2v) is 4.50. The Kier molecular flexibility index (Phi) is 2.63. The molecular weight excluding hydrogens is 228 g/mol. The average molecular weight is 242 g/mol. The van der Waals surface area contributed by atoms with Crippen LogP contribution in [0.25, 0.3) is 10.8 Å². The second-order valence-electron chi connectivity index (χ2n) is 4.50. The summed E-state index contributed by atoms with van der Waals surface area (Å²) >= 11 is 0. The third-order valence-electron chi connectivity index (χ3n) is 3.21. The topological polar surface area (TPSA) is 42.4 Å². The number of hydrogen-bond acceptors (Lipinski definition) is 3. The minimum Gasteiger partial charge on any atom is -0.470 e. The van der Waals surface area contributed by atoms with Crippen LogP contribution in [0.5, 0.6) is 5.88 Å². The second kappa shape index (κ2) is 4.29. The van der Waals surface area contributed by atoms with Crippen molar-refractivity contribution in [3.63, 3.8) is 0 Å². The lowest BCUT2D eigenvalue weighted by atomic mass is 10.1. The van der Waals surface area contributed by atoms with Crippen LogP contribution in [-0.2, 0) is 4.79 Å². The van der Waals surface area contributed by atoms with E-state index in [1.165, 1.54) is 0 Å². The summed E-state index contributed by atoms with van der Waals surface area (Å²) in [7, 11) is 0. The van der Waals surface area contributed by atoms with E-state index in [1.54, 1.807) is 18.0 Å². The Balaban J connectivity index is 1.78. The molecule has 0 aliphatic carbocycles. The maximum atomic E-state index is 11.1. The van der Waals surface area contributed by atoms with E-state index in [0.717, 1.165) is 10.8 Å². The molecule has 0 spiro atoms. The maximum Gasteiger partial charge on any atom is 0.221 e. The van der Waals surface area contributed by atoms with Crippen LogP contribution in [0.4, 0.5) is 0 Å². The molecule has 2 aromatic rings. The lowest BCUT2D eigenvalue weighted by Gasteiger charge is -2.38. The fourth-order valence-electron chi connectivity index (χ4n) is 2.11. The first-order valence-electron chi connectivity index (χ1n) is 6.00. The van der Waals surface area contributed by atoms with Crippen LogP contribution < -0.4 is 4.74 Å². The molecule has 1 aliphatic heterocycles. The zero-order chi connectivity index (χ0) is 12.5. The minimum atomic E-state index is 0.0622. The molecule has 18 heavy (non-hydrogen) atoms. The van der Waals surface area contributed by atoms with Crippen molar-refractivity contribution in [1.82, 2.24) is 9.88 Å². The Morgan fingerprint density at radius 3 is 2.89 bits per heavy atom. The zero-order valence-electron chi connectivity index (χ0n) is 10.2. The molecule has 0 radical (unpaired) electrons. The number of ether oxygens (including phenoxy) is 1. The smallest absolute Gasteiger partial charge is 0.221 e. The highest BCUT2D eigenvalue weighted by atomic mass is 16.5. The van der Waals surface area contributed by atoms with Gasteiger partial charge in [-0.25, -0.2) is 4.98 Å². The molecule has 92 valence electrons. The van der Waals surface area contributed by atoms with E-state index in [2.05, 4.69) is 4.98 Å². The summed E-state index contributed by atoms with van der Waals surface area (Å²) in [6, 6.07) is 9.96. The van der Waals surface area contributed by atoms with Crippen LogP contribution in [0.15, 0.2) is 36.5 Å². The fourth-order valence-corrected chi connectivity index (χ4v) is 2.11. The van der Waals surface area contributed by atoms with E-state index in [1.807, 2.05) is 30.3 Å². The quantitative estimate of drug-likeness (QED) is 0.807. The molecule has 1 saturated heterocycles. The molecule has 3 rings (SSSR count). The van der Waals surface area contributed by atoms with Gasteiger partial charge in [-0.2, -0.15) is 0 Å². The van der Waals surface area contributed by atoms with E-state index in [4.69, 9.17) is 4.74 Å². The van der Waals surface area contributed by atoms with Gasteiger partial charge in [0.1, 0.15) is 6.10 Å². The van der Waals surface area contributed by atoms with Gasteiger partial charge in [0.15, 0.2) is 0 Å². The molecule has 1 aromatic carbocycles. The van der Waals surface area contributed by atoms with Crippen molar-refractivity contribution < 1.29 is 9.53 Å². The monoisotopic (exact) mass is 242 g/mol. The van der Waals surface area contributed by atoms with Crippen LogP contribution in [0.1, 0.15) is 6.92 Å². The molecule has 0 saturated carbocycles. The lowest BCUT2D eigenvalue weighted by molar-refractivity contribution is -0.137. The summed E-state index contributed by atoms with van der Waals surface area (Å²) in [5.74, 6) is 0.752. The number of likely N-dealkylation sites (tertiary alicyclic amines) is 1. The number of aromatic nitrogens is 1. The first-order chi connectivity index (χ1) is 8.74. The lowest BCUT2D eigenvalue weighted by Crippen LogP contribution is -2.55. The number of hydrogen-bond donors (Lipinski definition) is 0. The average Bonchev–Trinajstić information content (AvgIpc) is 2.33. The zero-order valence-corrected chi connectivity index (χ0v) is 10.2. The van der Waals surface area contributed by atoms with E-state index in [9.17, 15) is 4.79 Å². The largest absolute Gasteiger partial charge is 0.470 e. The Morgan fingerprint density at radius 1 is 1.33 bits per heavy atom. The van der Waals surface area contributed by atoms with Crippen molar-refractivity contribution in [3.8, 4) is 5.88 Å². The van der Waals surface area contributed by atoms with Crippen molar-refractivity contribution in [3.05, 3.63) is 36.5 Å². The number of nitrogens with zero attached hydrogens (tertiary/aromatic N) is 2. The van der Waals surface area contributed by atoms with Crippen molar-refractivity contribution in [2.24, 2.45) is 0 Å². The Labute approximate surface area is 105 Å². The van der Waals surface area contributed by atoms with Crippen LogP contribution in [0.2, 0.25) is 0 Å². The highest BCUT2D eigenvalue weighted by molar-refractivity contribution is 5.86. The first-order valence-corrected chi connectivity index (χ1v) is 6.00. The Bertz CT molecular complexity index is 586. The number of rotatable bonds is 2. The predicted molar refractivity (Wildman–Crippen MR) is 68.4 cm³/mol. The normalized spacial score (nSPS) is 15.5. The van der Waals surface area contributed by atoms with Crippen LogP contribution in [0, 0.1) is 0 Å². The van der Waals surface area contributed by atoms with E-state index in [0.29, 0.717) is 19.0 Å². The SMILES string of the molecule is CC(=O)N1CC(Oc2nccc3ccccc23)C1. The molecular formula is C14H14N2O2. The van der Waals surface area contributed by atoms with Gasteiger partial charge < -0.3 is 9.64 Å². The van der Waals surface area contributed by atoms with Gasteiger partial charge in [-0.3, -0.25) is 4.79 Å². The number of fused-ring (bicyclic) bond motifs is 1. The molecule has 4 nitrogen and oxygen atoms in total. The summed E-state index contributed by atoms with van der Waals surface area (Å²) in [4.78, 5) is 17.1. The summed E-state index contributed by atoms with van der Waals surface area (Å²) in [5, 5.41) is 2.13. The Hall–Kier alpha value is -2.10. The van der Waals surface area contributed by atoms with E-state index >= 15 is 0 Å². The fraction of sp³-hybridized carbons (Fsp3) is 0.286. The van der Waals surface area contributed by atoms with E-state index in [-0.39, 0.29) is 12.0 Å². The van der Waals surface area contributed by atoms with Gasteiger partial charge in [-0.05, 0) is 17.5 Å². The standard InChI is InChI=1S/C14H14N2O2/c1-10(17)16-8-12(9-16)18-14-13-5-3-2-4-11(13)6-7-15-14/h2-7,12H,8-9H2,1H3. The summed E-state index contributed by atoms with van der Waals surface area (Å²) in [6.07, 6.45) is 1.81. The molecule has 0 unspecified atom stereocenters. The van der Waals surface area contributed by atoms with Crippen molar-refractivity contribution in [1.29, 1.82) is 0 Å². The predicted octanol–water partition coefficient (Wildman–Crippen LogP) is 1.84. The van der Waals surface area contributed by atoms with Gasteiger partial charge in [0.25, 0.3) is 0 Å². The van der Waals surface area contributed by atoms with Crippen LogP contribution >= 0.6 is 0 Å². The molecule has 1 aromatic heterocycles. The van der Waals surface area contributed by atoms with Crippen molar-refractivity contribution in [2.45, 2.75) is 13.0 Å². The highest BCUT2D eigenvalue weighted by Crippen LogP contribution is 2.25. The molecule has 1 amide bonds. The number of amides is 1. The third kappa shape index (κ3) is 1.90. The number of carbonyl (C=O) groups is 1. The maximum absolute atomic E-state index is 11.1. The number of benzene rings is 1. The first kappa shape index (κ1) is 11.0. The van der Waals surface area contributed by atoms with Crippen molar-refractivity contribution in [2.75, 3.05) is 13.1 Å². The summed E-state index contributed by atoms with van der Waals surface area (Å²) < 4.78 is 5.84. The van der Waals surface area contributed by atoms with Gasteiger partial charge in [0.05, 0.1) is 13.1 Å². The molecule has 1 fully saturated rings. The molecule has 0 atom stereocenters. The van der Waals surface area contributed by atoms with Crippen molar-refractivity contribution >= 4 is 16.7 Å². The molecule has 4 heteroatoms. The summed E-state index contributed by atoms with van der Waals surface area (Å²) in [5.41, 5.74) is 0. The van der Waals surface area contributed by atoms with Crippen LogP contribution in [-0.4, -0.2) is 35.0 Å². The van der Waals surface area contributed by atoms with Gasteiger partial charge >= 0.3 is 0 Å².